The number of rotatable bonds is 7. The summed E-state index contributed by atoms with van der Waals surface area (Å²) in [6, 6.07) is 6.78. The van der Waals surface area contributed by atoms with Gasteiger partial charge in [0.05, 0.1) is 43.3 Å². The summed E-state index contributed by atoms with van der Waals surface area (Å²) >= 11 is 2.13. The fourth-order valence-corrected chi connectivity index (χ4v) is 3.55. The quantitative estimate of drug-likeness (QED) is 0.255. The van der Waals surface area contributed by atoms with E-state index in [2.05, 4.69) is 44.5 Å². The number of halogens is 1. The molecule has 2 N–H and O–H groups in total. The van der Waals surface area contributed by atoms with Crippen molar-refractivity contribution >= 4 is 63.5 Å². The molecule has 0 aromatic heterocycles. The minimum atomic E-state index is -0.528. The number of anilines is 2. The predicted molar refractivity (Wildman–Crippen MR) is 147 cm³/mol. The van der Waals surface area contributed by atoms with Gasteiger partial charge in [-0.25, -0.2) is 9.59 Å². The highest BCUT2D eigenvalue weighted by atomic mass is 127. The van der Waals surface area contributed by atoms with Crippen molar-refractivity contribution in [1.82, 2.24) is 0 Å². The Morgan fingerprint density at radius 3 is 1.67 bits per heavy atom. The average molecular weight is 610 g/mol. The first-order chi connectivity index (χ1) is 16.9. The number of hydrogen-bond donors (Lipinski definition) is 2. The summed E-state index contributed by atoms with van der Waals surface area (Å²) in [5.74, 6) is -0.984. The summed E-state index contributed by atoms with van der Waals surface area (Å²) in [6.07, 6.45) is 0. The third-order valence-corrected chi connectivity index (χ3v) is 5.88. The topological polar surface area (TPSA) is 120 Å². The second-order valence-corrected chi connectivity index (χ2v) is 8.72. The second-order valence-electron chi connectivity index (χ2n) is 7.56. The van der Waals surface area contributed by atoms with E-state index in [-0.39, 0.29) is 17.4 Å². The van der Waals surface area contributed by atoms with Crippen molar-refractivity contribution in [3.05, 3.63) is 62.2 Å². The van der Waals surface area contributed by atoms with Crippen molar-refractivity contribution in [1.29, 1.82) is 0 Å². The monoisotopic (exact) mass is 610 g/mol. The van der Waals surface area contributed by atoms with Gasteiger partial charge >= 0.3 is 11.9 Å². The second kappa shape index (κ2) is 14.2. The van der Waals surface area contributed by atoms with Crippen molar-refractivity contribution in [2.75, 3.05) is 31.5 Å². The Hall–Kier alpha value is -3.41. The van der Waals surface area contributed by atoms with Crippen molar-refractivity contribution in [2.24, 2.45) is 0 Å². The summed E-state index contributed by atoms with van der Waals surface area (Å²) in [5, 5.41) is 5.23. The standard InChI is InChI=1S/C15H19NO4.C11H12INO3/c1-6-20-10(3)12-8-13(15(18)19-5)14(7-9(12)2)16-11(4)17;1-6-4-10(13-7(2)14)8(5-9(6)12)11(15)16-3/h7-8H,3,6H2,1-2,4-5H3,(H,16,17);4-5H,1-3H3,(H,13,14). The van der Waals surface area contributed by atoms with E-state index >= 15 is 0 Å². The minimum absolute atomic E-state index is 0.217. The third kappa shape index (κ3) is 8.67. The zero-order chi connectivity index (χ0) is 27.6. The molecule has 0 atom stereocenters. The summed E-state index contributed by atoms with van der Waals surface area (Å²) in [4.78, 5) is 45.5. The molecule has 0 unspecified atom stereocenters. The molecule has 2 rings (SSSR count). The Morgan fingerprint density at radius 2 is 1.25 bits per heavy atom. The number of nitrogens with one attached hydrogen (secondary N) is 2. The summed E-state index contributed by atoms with van der Waals surface area (Å²) in [5.41, 5.74) is 4.09. The maximum Gasteiger partial charge on any atom is 0.340 e. The smallest absolute Gasteiger partial charge is 0.340 e. The van der Waals surface area contributed by atoms with Crippen molar-refractivity contribution in [3.8, 4) is 0 Å². The zero-order valence-electron chi connectivity index (χ0n) is 21.5. The van der Waals surface area contributed by atoms with Crippen molar-refractivity contribution in [3.63, 3.8) is 0 Å². The number of aryl methyl sites for hydroxylation is 2. The maximum absolute atomic E-state index is 11.8. The van der Waals surface area contributed by atoms with Gasteiger partial charge in [0, 0.05) is 23.0 Å². The normalized spacial score (nSPS) is 9.78. The maximum atomic E-state index is 11.8. The fraction of sp³-hybridized carbons (Fsp3) is 0.308. The third-order valence-electron chi connectivity index (χ3n) is 4.71. The number of esters is 2. The molecule has 2 aromatic carbocycles. The predicted octanol–water partition coefficient (Wildman–Crippen LogP) is 5.09. The molecule has 0 aliphatic heterocycles. The van der Waals surface area contributed by atoms with Gasteiger partial charge in [-0.1, -0.05) is 6.58 Å². The van der Waals surface area contributed by atoms with Gasteiger partial charge < -0.3 is 24.8 Å². The number of hydrogen-bond acceptors (Lipinski definition) is 7. The molecule has 2 amide bonds. The minimum Gasteiger partial charge on any atom is -0.494 e. The Bertz CT molecular complexity index is 1180. The van der Waals surface area contributed by atoms with Crippen LogP contribution in [-0.4, -0.2) is 44.6 Å². The van der Waals surface area contributed by atoms with Gasteiger partial charge in [-0.15, -0.1) is 0 Å². The number of ether oxygens (including phenoxy) is 3. The molecule has 0 spiro atoms. The van der Waals surface area contributed by atoms with Crippen LogP contribution in [0.4, 0.5) is 11.4 Å². The lowest BCUT2D eigenvalue weighted by Gasteiger charge is -2.15. The van der Waals surface area contributed by atoms with Gasteiger partial charge in [-0.05, 0) is 78.8 Å². The molecule has 0 radical (unpaired) electrons. The highest BCUT2D eigenvalue weighted by molar-refractivity contribution is 14.1. The highest BCUT2D eigenvalue weighted by Gasteiger charge is 2.17. The van der Waals surface area contributed by atoms with Crippen LogP contribution < -0.4 is 10.6 Å². The first-order valence-corrected chi connectivity index (χ1v) is 11.9. The van der Waals surface area contributed by atoms with Gasteiger partial charge in [0.2, 0.25) is 11.8 Å². The van der Waals surface area contributed by atoms with E-state index in [0.29, 0.717) is 34.9 Å². The van der Waals surface area contributed by atoms with Crippen LogP contribution in [0.15, 0.2) is 30.8 Å². The molecule has 0 heterocycles. The largest absolute Gasteiger partial charge is 0.494 e. The SMILES string of the molecule is C=C(OCC)c1cc(C(=O)OC)c(NC(C)=O)cc1C.COC(=O)c1cc(I)c(C)cc1NC(C)=O. The molecule has 0 saturated heterocycles. The summed E-state index contributed by atoms with van der Waals surface area (Å²) in [7, 11) is 2.60. The van der Waals surface area contributed by atoms with Crippen LogP contribution in [-0.2, 0) is 23.8 Å². The molecule has 10 heteroatoms. The number of amides is 2. The molecule has 0 saturated carbocycles. The Kier molecular flexibility index (Phi) is 12.1. The number of carbonyl (C=O) groups excluding carboxylic acids is 4. The van der Waals surface area contributed by atoms with E-state index < -0.39 is 11.9 Å². The zero-order valence-corrected chi connectivity index (χ0v) is 23.6. The molecule has 0 bridgehead atoms. The van der Waals surface area contributed by atoms with Crippen LogP contribution in [0.1, 0.15) is 58.2 Å². The number of benzene rings is 2. The first kappa shape index (κ1) is 30.6. The Balaban J connectivity index is 0.000000369. The fourth-order valence-electron chi connectivity index (χ4n) is 3.09. The van der Waals surface area contributed by atoms with Crippen molar-refractivity contribution in [2.45, 2.75) is 34.6 Å². The van der Waals surface area contributed by atoms with Crippen LogP contribution >= 0.6 is 22.6 Å². The lowest BCUT2D eigenvalue weighted by Crippen LogP contribution is -2.13. The van der Waals surface area contributed by atoms with E-state index in [4.69, 9.17) is 9.47 Å². The average Bonchev–Trinajstić information content (AvgIpc) is 2.80. The molecule has 0 aliphatic carbocycles. The van der Waals surface area contributed by atoms with Gasteiger partial charge in [0.25, 0.3) is 0 Å². The van der Waals surface area contributed by atoms with E-state index in [1.807, 2.05) is 20.8 Å². The van der Waals surface area contributed by atoms with Crippen LogP contribution in [0.25, 0.3) is 5.76 Å². The van der Waals surface area contributed by atoms with E-state index in [1.54, 1.807) is 24.3 Å². The van der Waals surface area contributed by atoms with Crippen LogP contribution in [0, 0.1) is 17.4 Å². The van der Waals surface area contributed by atoms with Gasteiger partial charge in [-0.3, -0.25) is 9.59 Å². The summed E-state index contributed by atoms with van der Waals surface area (Å²) < 4.78 is 15.7. The van der Waals surface area contributed by atoms with E-state index in [1.165, 1.54) is 28.1 Å². The number of methoxy groups -OCH3 is 2. The van der Waals surface area contributed by atoms with Crippen LogP contribution in [0.3, 0.4) is 0 Å². The molecule has 0 fully saturated rings. The molecule has 0 aliphatic rings. The lowest BCUT2D eigenvalue weighted by molar-refractivity contribution is -0.115. The molecular weight excluding hydrogens is 579 g/mol. The Morgan fingerprint density at radius 1 is 0.806 bits per heavy atom. The van der Waals surface area contributed by atoms with E-state index in [0.717, 1.165) is 14.7 Å². The highest BCUT2D eigenvalue weighted by Crippen LogP contribution is 2.27. The van der Waals surface area contributed by atoms with Crippen LogP contribution in [0.5, 0.6) is 0 Å². The molecule has 9 nitrogen and oxygen atoms in total. The van der Waals surface area contributed by atoms with Crippen molar-refractivity contribution < 1.29 is 33.4 Å². The lowest BCUT2D eigenvalue weighted by atomic mass is 10.0. The van der Waals surface area contributed by atoms with Crippen LogP contribution in [0.2, 0.25) is 0 Å². The molecule has 2 aromatic rings. The molecule has 36 heavy (non-hydrogen) atoms. The molecule has 194 valence electrons. The molecular formula is C26H31IN2O7. The Labute approximate surface area is 224 Å². The van der Waals surface area contributed by atoms with Gasteiger partial charge in [0.15, 0.2) is 0 Å². The first-order valence-electron chi connectivity index (χ1n) is 10.8. The van der Waals surface area contributed by atoms with E-state index in [9.17, 15) is 19.2 Å². The van der Waals surface area contributed by atoms with Gasteiger partial charge in [0.1, 0.15) is 5.76 Å². The van der Waals surface area contributed by atoms with Gasteiger partial charge in [-0.2, -0.15) is 0 Å². The summed E-state index contributed by atoms with van der Waals surface area (Å²) in [6.45, 7) is 12.7. The number of carbonyl (C=O) groups is 4.